The maximum absolute atomic E-state index is 12.3. The summed E-state index contributed by atoms with van der Waals surface area (Å²) in [5.41, 5.74) is 0.588. The van der Waals surface area contributed by atoms with E-state index in [-0.39, 0.29) is 5.91 Å². The minimum atomic E-state index is -0.498. The van der Waals surface area contributed by atoms with Crippen molar-refractivity contribution >= 4 is 58.3 Å². The van der Waals surface area contributed by atoms with Crippen molar-refractivity contribution in [2.24, 2.45) is 0 Å². The predicted molar refractivity (Wildman–Crippen MR) is 109 cm³/mol. The van der Waals surface area contributed by atoms with Crippen LogP contribution in [-0.4, -0.2) is 31.0 Å². The van der Waals surface area contributed by atoms with E-state index >= 15 is 0 Å². The van der Waals surface area contributed by atoms with Crippen molar-refractivity contribution in [1.29, 1.82) is 0 Å². The predicted octanol–water partition coefficient (Wildman–Crippen LogP) is 4.13. The van der Waals surface area contributed by atoms with Gasteiger partial charge in [-0.05, 0) is 37.3 Å². The van der Waals surface area contributed by atoms with Crippen LogP contribution in [0.4, 0.5) is 5.82 Å². The number of thioether (sulfide) groups is 1. The van der Waals surface area contributed by atoms with Gasteiger partial charge in [0.1, 0.15) is 5.82 Å². The number of nitrogens with one attached hydrogen (secondary N) is 1. The lowest BCUT2D eigenvalue weighted by Crippen LogP contribution is -2.24. The summed E-state index contributed by atoms with van der Waals surface area (Å²) < 4.78 is 1.28. The molecule has 140 valence electrons. The molecule has 1 amide bonds. The van der Waals surface area contributed by atoms with Crippen LogP contribution in [0.3, 0.4) is 0 Å². The van der Waals surface area contributed by atoms with E-state index in [1.807, 2.05) is 0 Å². The summed E-state index contributed by atoms with van der Waals surface area (Å²) in [7, 11) is 0. The van der Waals surface area contributed by atoms with Crippen LogP contribution in [0.25, 0.3) is 11.4 Å². The molecular weight excluding hydrogens is 431 g/mol. The van der Waals surface area contributed by atoms with E-state index in [1.165, 1.54) is 10.9 Å². The third kappa shape index (κ3) is 4.65. The summed E-state index contributed by atoms with van der Waals surface area (Å²) >= 11 is 19.0. The average Bonchev–Trinajstić information content (AvgIpc) is 2.97. The maximum Gasteiger partial charge on any atom is 0.238 e. The number of benzene rings is 1. The number of carbonyl (C=O) groups excluding carboxylic acids is 1. The fourth-order valence-corrected chi connectivity index (χ4v) is 3.48. The molecule has 0 saturated carbocycles. The van der Waals surface area contributed by atoms with Crippen LogP contribution in [0, 0.1) is 0 Å². The zero-order chi connectivity index (χ0) is 19.6. The van der Waals surface area contributed by atoms with Gasteiger partial charge in [-0.3, -0.25) is 4.79 Å². The Morgan fingerprint density at radius 2 is 1.93 bits per heavy atom. The molecule has 1 atom stereocenters. The number of nitrogen functional groups attached to an aromatic ring is 1. The van der Waals surface area contributed by atoms with Gasteiger partial charge >= 0.3 is 0 Å². The number of amides is 1. The highest BCUT2D eigenvalue weighted by Gasteiger charge is 2.21. The Morgan fingerprint density at radius 1 is 1.19 bits per heavy atom. The second-order valence-corrected chi connectivity index (χ2v) is 8.00. The third-order valence-electron chi connectivity index (χ3n) is 3.47. The largest absolute Gasteiger partial charge is 0.335 e. The average molecular weight is 444 g/mol. The van der Waals surface area contributed by atoms with Crippen LogP contribution in [0.5, 0.6) is 0 Å². The molecule has 11 heteroatoms. The molecule has 0 saturated heterocycles. The maximum atomic E-state index is 12.3. The lowest BCUT2D eigenvalue weighted by molar-refractivity contribution is -0.115. The lowest BCUT2D eigenvalue weighted by Gasteiger charge is -2.11. The molecule has 0 spiro atoms. The zero-order valence-electron chi connectivity index (χ0n) is 13.9. The van der Waals surface area contributed by atoms with Crippen molar-refractivity contribution in [2.75, 3.05) is 11.2 Å². The van der Waals surface area contributed by atoms with Crippen molar-refractivity contribution < 1.29 is 4.79 Å². The molecule has 3 aromatic rings. The fourth-order valence-electron chi connectivity index (χ4n) is 2.10. The molecule has 0 bridgehead atoms. The highest BCUT2D eigenvalue weighted by molar-refractivity contribution is 8.00. The Morgan fingerprint density at radius 3 is 2.59 bits per heavy atom. The number of nitrogens with two attached hydrogens (primary N) is 1. The van der Waals surface area contributed by atoms with Crippen LogP contribution in [0.2, 0.25) is 15.1 Å². The molecular formula is C16H13Cl3N6OS. The first-order valence-electron chi connectivity index (χ1n) is 7.60. The standard InChI is InChI=1S/C16H13Cl3N6OS/c1-8(15(26)22-13-5-3-10(18)7-21-13)27-16-24-23-14(25(16)20)11-4-2-9(17)6-12(11)19/h2-8H,20H2,1H3,(H,21,22,26). The molecule has 3 N–H and O–H groups in total. The fraction of sp³-hybridized carbons (Fsp3) is 0.125. The van der Waals surface area contributed by atoms with Gasteiger partial charge in [0.05, 0.1) is 15.3 Å². The summed E-state index contributed by atoms with van der Waals surface area (Å²) in [6.45, 7) is 1.72. The molecule has 2 heterocycles. The second kappa shape index (κ2) is 8.35. The number of pyridine rings is 1. The van der Waals surface area contributed by atoms with Gasteiger partial charge < -0.3 is 11.2 Å². The van der Waals surface area contributed by atoms with Gasteiger partial charge in [-0.1, -0.05) is 46.6 Å². The summed E-state index contributed by atoms with van der Waals surface area (Å²) in [6, 6.07) is 8.23. The van der Waals surface area contributed by atoms with E-state index in [2.05, 4.69) is 20.5 Å². The number of anilines is 1. The van der Waals surface area contributed by atoms with E-state index in [1.54, 1.807) is 37.3 Å². The molecule has 0 fully saturated rings. The number of hydrogen-bond acceptors (Lipinski definition) is 6. The van der Waals surface area contributed by atoms with Crippen LogP contribution in [0.1, 0.15) is 6.92 Å². The number of nitrogens with zero attached hydrogens (tertiary/aromatic N) is 4. The smallest absolute Gasteiger partial charge is 0.238 e. The van der Waals surface area contributed by atoms with Crippen LogP contribution < -0.4 is 11.2 Å². The topological polar surface area (TPSA) is 98.7 Å². The van der Waals surface area contributed by atoms with Gasteiger partial charge in [-0.2, -0.15) is 0 Å². The van der Waals surface area contributed by atoms with E-state index in [4.69, 9.17) is 40.6 Å². The van der Waals surface area contributed by atoms with Gasteiger partial charge in [0.25, 0.3) is 0 Å². The third-order valence-corrected chi connectivity index (χ3v) is 5.29. The molecule has 1 unspecified atom stereocenters. The molecule has 2 aromatic heterocycles. The monoisotopic (exact) mass is 442 g/mol. The first-order valence-corrected chi connectivity index (χ1v) is 9.61. The number of hydrogen-bond donors (Lipinski definition) is 2. The van der Waals surface area contributed by atoms with Gasteiger partial charge in [-0.25, -0.2) is 9.66 Å². The summed E-state index contributed by atoms with van der Waals surface area (Å²) in [6.07, 6.45) is 1.45. The Bertz CT molecular complexity index is 979. The lowest BCUT2D eigenvalue weighted by atomic mass is 10.2. The van der Waals surface area contributed by atoms with Gasteiger partial charge in [-0.15, -0.1) is 10.2 Å². The second-order valence-electron chi connectivity index (χ2n) is 5.41. The van der Waals surface area contributed by atoms with Gasteiger partial charge in [0, 0.05) is 16.8 Å². The highest BCUT2D eigenvalue weighted by Crippen LogP contribution is 2.31. The normalized spacial score (nSPS) is 12.0. The molecule has 0 aliphatic carbocycles. The zero-order valence-corrected chi connectivity index (χ0v) is 16.9. The SMILES string of the molecule is CC(Sc1nnc(-c2ccc(Cl)cc2Cl)n1N)C(=O)Nc1ccc(Cl)cn1. The first-order chi connectivity index (χ1) is 12.8. The number of carbonyl (C=O) groups is 1. The van der Waals surface area contributed by atoms with E-state index in [9.17, 15) is 4.79 Å². The van der Waals surface area contributed by atoms with E-state index < -0.39 is 5.25 Å². The molecule has 0 aliphatic heterocycles. The van der Waals surface area contributed by atoms with Gasteiger partial charge in [0.2, 0.25) is 11.1 Å². The van der Waals surface area contributed by atoms with Crippen molar-refractivity contribution in [1.82, 2.24) is 19.9 Å². The van der Waals surface area contributed by atoms with E-state index in [0.29, 0.717) is 37.4 Å². The number of halogens is 3. The van der Waals surface area contributed by atoms with Crippen molar-refractivity contribution in [3.05, 3.63) is 51.6 Å². The Hall–Kier alpha value is -2.00. The molecule has 3 rings (SSSR count). The minimum Gasteiger partial charge on any atom is -0.335 e. The Kier molecular flexibility index (Phi) is 6.11. The molecule has 27 heavy (non-hydrogen) atoms. The highest BCUT2D eigenvalue weighted by atomic mass is 35.5. The van der Waals surface area contributed by atoms with Gasteiger partial charge in [0.15, 0.2) is 5.82 Å². The van der Waals surface area contributed by atoms with Crippen molar-refractivity contribution in [3.8, 4) is 11.4 Å². The Labute approximate surface area is 174 Å². The number of rotatable bonds is 5. The quantitative estimate of drug-likeness (QED) is 0.454. The minimum absolute atomic E-state index is 0.260. The molecule has 0 radical (unpaired) electrons. The van der Waals surface area contributed by atoms with Crippen LogP contribution in [0.15, 0.2) is 41.7 Å². The van der Waals surface area contributed by atoms with Crippen molar-refractivity contribution in [2.45, 2.75) is 17.3 Å². The Balaban J connectivity index is 1.73. The number of aromatic nitrogens is 4. The van der Waals surface area contributed by atoms with Crippen LogP contribution >= 0.6 is 46.6 Å². The summed E-state index contributed by atoms with van der Waals surface area (Å²) in [4.78, 5) is 16.4. The molecule has 0 aliphatic rings. The molecule has 7 nitrogen and oxygen atoms in total. The van der Waals surface area contributed by atoms with E-state index in [0.717, 1.165) is 11.8 Å². The molecule has 1 aromatic carbocycles. The first kappa shape index (κ1) is 19.8. The summed E-state index contributed by atoms with van der Waals surface area (Å²) in [5.74, 6) is 6.59. The van der Waals surface area contributed by atoms with Crippen molar-refractivity contribution in [3.63, 3.8) is 0 Å². The van der Waals surface area contributed by atoms with Crippen LogP contribution in [-0.2, 0) is 4.79 Å². The summed E-state index contributed by atoms with van der Waals surface area (Å²) in [5, 5.41) is 12.1.